The summed E-state index contributed by atoms with van der Waals surface area (Å²) in [5, 5.41) is 7.64. The zero-order valence-electron chi connectivity index (χ0n) is 14.0. The maximum atomic E-state index is 12.6. The van der Waals surface area contributed by atoms with Crippen molar-refractivity contribution in [3.05, 3.63) is 41.7 Å². The first-order chi connectivity index (χ1) is 11.6. The number of nitrogens with one attached hydrogen (secondary N) is 3. The number of amides is 1. The number of aromatic nitrogens is 2. The molecule has 1 aliphatic carbocycles. The molecule has 6 heteroatoms. The van der Waals surface area contributed by atoms with Gasteiger partial charge in [-0.25, -0.2) is 10.1 Å². The molecule has 126 valence electrons. The van der Waals surface area contributed by atoms with Crippen molar-refractivity contribution in [1.29, 1.82) is 0 Å². The van der Waals surface area contributed by atoms with E-state index in [9.17, 15) is 4.79 Å². The van der Waals surface area contributed by atoms with E-state index in [0.717, 1.165) is 35.1 Å². The predicted molar refractivity (Wildman–Crippen MR) is 92.9 cm³/mol. The summed E-state index contributed by atoms with van der Waals surface area (Å²) in [6, 6.07) is 10.2. The Kier molecular flexibility index (Phi) is 3.86. The Balaban J connectivity index is 1.50. The van der Waals surface area contributed by atoms with Crippen LogP contribution in [0.2, 0.25) is 0 Å². The number of nitrogens with zero attached hydrogens (tertiary/aromatic N) is 2. The van der Waals surface area contributed by atoms with E-state index in [2.05, 4.69) is 21.3 Å². The fraction of sp³-hybridized carbons (Fsp3) is 0.444. The lowest BCUT2D eigenvalue weighted by molar-refractivity contribution is -0.117. The van der Waals surface area contributed by atoms with Gasteiger partial charge in [0, 0.05) is 6.04 Å². The van der Waals surface area contributed by atoms with Gasteiger partial charge in [0.2, 0.25) is 5.91 Å². The molecule has 2 fully saturated rings. The highest BCUT2D eigenvalue weighted by atomic mass is 16.2. The Hall–Kier alpha value is -2.18. The van der Waals surface area contributed by atoms with Gasteiger partial charge >= 0.3 is 0 Å². The van der Waals surface area contributed by atoms with Crippen molar-refractivity contribution in [1.82, 2.24) is 20.6 Å². The van der Waals surface area contributed by atoms with Crippen LogP contribution in [-0.2, 0) is 4.79 Å². The molecule has 2 aromatic rings. The Morgan fingerprint density at radius 1 is 1.21 bits per heavy atom. The molecule has 24 heavy (non-hydrogen) atoms. The third-order valence-corrected chi connectivity index (χ3v) is 4.98. The van der Waals surface area contributed by atoms with Crippen molar-refractivity contribution < 1.29 is 4.79 Å². The summed E-state index contributed by atoms with van der Waals surface area (Å²) in [6.07, 6.45) is 3.40. The third-order valence-electron chi connectivity index (χ3n) is 4.98. The molecule has 4 rings (SSSR count). The maximum Gasteiger partial charge on any atom is 0.243 e. The SMILES string of the molecule is Cc1nn(-c2ccccc2)c(C)c1NC(=O)C1CC(C2CC2)NN1. The van der Waals surface area contributed by atoms with Gasteiger partial charge < -0.3 is 5.32 Å². The van der Waals surface area contributed by atoms with Gasteiger partial charge in [-0.15, -0.1) is 0 Å². The number of hydrazine groups is 1. The van der Waals surface area contributed by atoms with Crippen LogP contribution in [0.5, 0.6) is 0 Å². The predicted octanol–water partition coefficient (Wildman–Crippen LogP) is 2.07. The van der Waals surface area contributed by atoms with Gasteiger partial charge in [0.1, 0.15) is 6.04 Å². The molecule has 0 bridgehead atoms. The van der Waals surface area contributed by atoms with E-state index in [1.54, 1.807) is 0 Å². The Bertz CT molecular complexity index is 750. The summed E-state index contributed by atoms with van der Waals surface area (Å²) in [5.41, 5.74) is 9.97. The number of anilines is 1. The molecule has 1 aliphatic heterocycles. The lowest BCUT2D eigenvalue weighted by atomic mass is 10.1. The van der Waals surface area contributed by atoms with Crippen molar-refractivity contribution in [3.8, 4) is 5.69 Å². The molecule has 1 saturated carbocycles. The largest absolute Gasteiger partial charge is 0.322 e. The van der Waals surface area contributed by atoms with Crippen LogP contribution in [0, 0.1) is 19.8 Å². The van der Waals surface area contributed by atoms with E-state index < -0.39 is 0 Å². The molecule has 0 radical (unpaired) electrons. The smallest absolute Gasteiger partial charge is 0.243 e. The molecule has 2 heterocycles. The van der Waals surface area contributed by atoms with E-state index in [0.29, 0.717) is 6.04 Å². The number of carbonyl (C=O) groups is 1. The average Bonchev–Trinajstić information content (AvgIpc) is 3.26. The number of para-hydroxylation sites is 1. The fourth-order valence-corrected chi connectivity index (χ4v) is 3.42. The number of carbonyl (C=O) groups excluding carboxylic acids is 1. The van der Waals surface area contributed by atoms with Crippen molar-refractivity contribution in [2.24, 2.45) is 5.92 Å². The zero-order valence-corrected chi connectivity index (χ0v) is 14.0. The quantitative estimate of drug-likeness (QED) is 0.805. The molecule has 1 aromatic carbocycles. The van der Waals surface area contributed by atoms with Gasteiger partial charge in [-0.3, -0.25) is 10.2 Å². The van der Waals surface area contributed by atoms with Crippen LogP contribution in [0.4, 0.5) is 5.69 Å². The molecular weight excluding hydrogens is 302 g/mol. The second kappa shape index (κ2) is 6.03. The van der Waals surface area contributed by atoms with Gasteiger partial charge in [0.15, 0.2) is 0 Å². The molecule has 2 unspecified atom stereocenters. The van der Waals surface area contributed by atoms with Gasteiger partial charge in [-0.2, -0.15) is 5.10 Å². The molecule has 1 aromatic heterocycles. The topological polar surface area (TPSA) is 71.0 Å². The van der Waals surface area contributed by atoms with E-state index in [-0.39, 0.29) is 11.9 Å². The molecule has 1 saturated heterocycles. The van der Waals surface area contributed by atoms with Gasteiger partial charge in [-0.05, 0) is 51.2 Å². The van der Waals surface area contributed by atoms with Crippen LogP contribution >= 0.6 is 0 Å². The summed E-state index contributed by atoms with van der Waals surface area (Å²) in [5.74, 6) is 0.740. The summed E-state index contributed by atoms with van der Waals surface area (Å²) < 4.78 is 1.87. The lowest BCUT2D eigenvalue weighted by Gasteiger charge is -2.11. The van der Waals surface area contributed by atoms with Gasteiger partial charge in [0.05, 0.1) is 22.8 Å². The maximum absolute atomic E-state index is 12.6. The average molecular weight is 325 g/mol. The first-order valence-electron chi connectivity index (χ1n) is 8.57. The standard InChI is InChI=1S/C18H23N5O/c1-11-17(12(2)23(22-11)14-6-4-3-5-7-14)19-18(24)16-10-15(20-21-16)13-8-9-13/h3-7,13,15-16,20-21H,8-10H2,1-2H3,(H,19,24). The minimum Gasteiger partial charge on any atom is -0.322 e. The van der Waals surface area contributed by atoms with Crippen LogP contribution in [0.25, 0.3) is 5.69 Å². The minimum absolute atomic E-state index is 0.00413. The molecule has 3 N–H and O–H groups in total. The molecule has 0 spiro atoms. The first-order valence-corrected chi connectivity index (χ1v) is 8.57. The number of hydrogen-bond donors (Lipinski definition) is 3. The van der Waals surface area contributed by atoms with Gasteiger partial charge in [-0.1, -0.05) is 18.2 Å². The van der Waals surface area contributed by atoms with E-state index in [1.807, 2.05) is 48.9 Å². The number of rotatable bonds is 4. The van der Waals surface area contributed by atoms with Crippen LogP contribution < -0.4 is 16.2 Å². The van der Waals surface area contributed by atoms with Crippen LogP contribution in [-0.4, -0.2) is 27.8 Å². The zero-order chi connectivity index (χ0) is 16.7. The second-order valence-electron chi connectivity index (χ2n) is 6.80. The second-order valence-corrected chi connectivity index (χ2v) is 6.80. The van der Waals surface area contributed by atoms with E-state index >= 15 is 0 Å². The highest BCUT2D eigenvalue weighted by Gasteiger charge is 2.39. The summed E-state index contributed by atoms with van der Waals surface area (Å²) in [4.78, 5) is 12.6. The lowest BCUT2D eigenvalue weighted by Crippen LogP contribution is -2.40. The minimum atomic E-state index is -0.186. The number of aryl methyl sites for hydroxylation is 1. The summed E-state index contributed by atoms with van der Waals surface area (Å²) in [7, 11) is 0. The summed E-state index contributed by atoms with van der Waals surface area (Å²) >= 11 is 0. The summed E-state index contributed by atoms with van der Waals surface area (Å²) in [6.45, 7) is 3.91. The Labute approximate surface area is 141 Å². The first kappa shape index (κ1) is 15.4. The Morgan fingerprint density at radius 3 is 2.67 bits per heavy atom. The number of benzene rings is 1. The van der Waals surface area contributed by atoms with Crippen LogP contribution in [0.15, 0.2) is 30.3 Å². The van der Waals surface area contributed by atoms with Crippen molar-refractivity contribution >= 4 is 11.6 Å². The fourth-order valence-electron chi connectivity index (χ4n) is 3.42. The van der Waals surface area contributed by atoms with Crippen LogP contribution in [0.1, 0.15) is 30.7 Å². The normalized spacial score (nSPS) is 23.4. The molecule has 2 atom stereocenters. The van der Waals surface area contributed by atoms with Crippen molar-refractivity contribution in [2.45, 2.75) is 45.2 Å². The monoisotopic (exact) mass is 325 g/mol. The van der Waals surface area contributed by atoms with Gasteiger partial charge in [0.25, 0.3) is 0 Å². The molecular formula is C18H23N5O. The van der Waals surface area contributed by atoms with Crippen molar-refractivity contribution in [3.63, 3.8) is 0 Å². The highest BCUT2D eigenvalue weighted by molar-refractivity contribution is 5.96. The molecule has 6 nitrogen and oxygen atoms in total. The molecule has 2 aliphatic rings. The van der Waals surface area contributed by atoms with Crippen molar-refractivity contribution in [2.75, 3.05) is 5.32 Å². The Morgan fingerprint density at radius 2 is 1.96 bits per heavy atom. The third kappa shape index (κ3) is 2.83. The highest BCUT2D eigenvalue weighted by Crippen LogP contribution is 2.35. The number of hydrogen-bond acceptors (Lipinski definition) is 4. The molecule has 1 amide bonds. The van der Waals surface area contributed by atoms with Crippen LogP contribution in [0.3, 0.4) is 0 Å². The van der Waals surface area contributed by atoms with E-state index in [1.165, 1.54) is 12.8 Å². The van der Waals surface area contributed by atoms with E-state index in [4.69, 9.17) is 0 Å².